The van der Waals surface area contributed by atoms with Gasteiger partial charge in [-0.2, -0.15) is 24.9 Å². The molecular formula is C13H16F3NS. The van der Waals surface area contributed by atoms with E-state index in [1.807, 2.05) is 11.8 Å². The molecule has 5 heteroatoms. The maximum atomic E-state index is 12.7. The number of anilines is 1. The van der Waals surface area contributed by atoms with E-state index in [1.165, 1.54) is 6.07 Å². The Kier molecular flexibility index (Phi) is 4.10. The Bertz CT molecular complexity index is 411. The van der Waals surface area contributed by atoms with Crippen LogP contribution in [0, 0.1) is 5.92 Å². The van der Waals surface area contributed by atoms with Crippen LogP contribution in [-0.4, -0.2) is 11.5 Å². The highest BCUT2D eigenvalue weighted by Crippen LogP contribution is 2.36. The fraction of sp³-hybridized carbons (Fsp3) is 0.538. The molecule has 1 aliphatic heterocycles. The molecule has 18 heavy (non-hydrogen) atoms. The second-order valence-electron chi connectivity index (χ2n) is 4.66. The summed E-state index contributed by atoms with van der Waals surface area (Å²) in [4.78, 5) is 0. The van der Waals surface area contributed by atoms with E-state index in [2.05, 4.69) is 0 Å². The van der Waals surface area contributed by atoms with Gasteiger partial charge in [-0.25, -0.2) is 0 Å². The predicted octanol–water partition coefficient (Wildman–Crippen LogP) is 3.97. The van der Waals surface area contributed by atoms with Crippen LogP contribution in [0.1, 0.15) is 24.0 Å². The summed E-state index contributed by atoms with van der Waals surface area (Å²) in [6.07, 6.45) is -1.47. The number of alkyl halides is 3. The second kappa shape index (κ2) is 5.43. The minimum Gasteiger partial charge on any atom is -0.398 e. The Morgan fingerprint density at radius 1 is 1.33 bits per heavy atom. The third-order valence-corrected chi connectivity index (χ3v) is 4.55. The molecule has 2 rings (SSSR count). The third kappa shape index (κ3) is 3.13. The number of nitrogens with two attached hydrogens (primary N) is 1. The predicted molar refractivity (Wildman–Crippen MR) is 69.6 cm³/mol. The largest absolute Gasteiger partial charge is 0.418 e. The van der Waals surface area contributed by atoms with E-state index in [9.17, 15) is 13.2 Å². The third-order valence-electron chi connectivity index (χ3n) is 3.27. The Morgan fingerprint density at radius 3 is 2.72 bits per heavy atom. The van der Waals surface area contributed by atoms with Gasteiger partial charge in [0.15, 0.2) is 0 Å². The molecule has 1 aromatic carbocycles. The molecule has 1 fully saturated rings. The molecule has 2 N–H and O–H groups in total. The molecule has 0 saturated carbocycles. The lowest BCUT2D eigenvalue weighted by Crippen LogP contribution is -2.16. The average Bonchev–Trinajstić information content (AvgIpc) is 2.32. The van der Waals surface area contributed by atoms with Gasteiger partial charge in [0.05, 0.1) is 5.56 Å². The van der Waals surface area contributed by atoms with Crippen molar-refractivity contribution in [2.24, 2.45) is 5.92 Å². The Hall–Kier alpha value is -0.840. The van der Waals surface area contributed by atoms with Crippen molar-refractivity contribution in [1.82, 2.24) is 0 Å². The highest BCUT2D eigenvalue weighted by molar-refractivity contribution is 7.99. The number of hydrogen-bond donors (Lipinski definition) is 1. The zero-order valence-electron chi connectivity index (χ0n) is 9.96. The van der Waals surface area contributed by atoms with E-state index in [-0.39, 0.29) is 5.69 Å². The number of benzene rings is 1. The van der Waals surface area contributed by atoms with E-state index in [1.54, 1.807) is 6.07 Å². The summed E-state index contributed by atoms with van der Waals surface area (Å²) in [7, 11) is 0. The number of rotatable bonds is 2. The van der Waals surface area contributed by atoms with Gasteiger partial charge in [-0.3, -0.25) is 0 Å². The number of para-hydroxylation sites is 1. The van der Waals surface area contributed by atoms with Crippen molar-refractivity contribution in [3.8, 4) is 0 Å². The van der Waals surface area contributed by atoms with E-state index in [0.29, 0.717) is 17.9 Å². The Balaban J connectivity index is 2.18. The fourth-order valence-electron chi connectivity index (χ4n) is 2.32. The van der Waals surface area contributed by atoms with Crippen molar-refractivity contribution in [3.63, 3.8) is 0 Å². The van der Waals surface area contributed by atoms with Gasteiger partial charge in [0, 0.05) is 5.69 Å². The highest BCUT2D eigenvalue weighted by atomic mass is 32.2. The molecule has 0 aromatic heterocycles. The van der Waals surface area contributed by atoms with Gasteiger partial charge in [0.25, 0.3) is 0 Å². The van der Waals surface area contributed by atoms with Crippen LogP contribution in [0.5, 0.6) is 0 Å². The first kappa shape index (κ1) is 13.6. The standard InChI is InChI=1S/C13H16F3NS/c14-13(15,16)11-5-1-4-10(12(11)17)7-9-3-2-6-18-8-9/h1,4-5,9H,2-3,6-8,17H2. The molecule has 0 spiro atoms. The molecule has 0 bridgehead atoms. The van der Waals surface area contributed by atoms with Crippen LogP contribution >= 0.6 is 11.8 Å². The Morgan fingerprint density at radius 2 is 2.11 bits per heavy atom. The minimum absolute atomic E-state index is 0.0967. The number of hydrogen-bond acceptors (Lipinski definition) is 2. The zero-order valence-corrected chi connectivity index (χ0v) is 10.8. The van der Waals surface area contributed by atoms with Crippen molar-refractivity contribution in [2.45, 2.75) is 25.4 Å². The average molecular weight is 275 g/mol. The van der Waals surface area contributed by atoms with Crippen LogP contribution in [0.25, 0.3) is 0 Å². The lowest BCUT2D eigenvalue weighted by atomic mass is 9.94. The molecule has 1 aliphatic rings. The van der Waals surface area contributed by atoms with Gasteiger partial charge in [-0.05, 0) is 48.3 Å². The van der Waals surface area contributed by atoms with E-state index < -0.39 is 11.7 Å². The van der Waals surface area contributed by atoms with Crippen LogP contribution in [0.3, 0.4) is 0 Å². The SMILES string of the molecule is Nc1c(CC2CCCSC2)cccc1C(F)(F)F. The quantitative estimate of drug-likeness (QED) is 0.826. The molecule has 1 unspecified atom stereocenters. The van der Waals surface area contributed by atoms with Crippen LogP contribution in [0.2, 0.25) is 0 Å². The fourth-order valence-corrected chi connectivity index (χ4v) is 3.47. The monoisotopic (exact) mass is 275 g/mol. The molecule has 1 heterocycles. The molecule has 1 saturated heterocycles. The highest BCUT2D eigenvalue weighted by Gasteiger charge is 2.33. The van der Waals surface area contributed by atoms with Gasteiger partial charge >= 0.3 is 6.18 Å². The van der Waals surface area contributed by atoms with Crippen LogP contribution in [0.4, 0.5) is 18.9 Å². The van der Waals surface area contributed by atoms with Gasteiger partial charge in [0.2, 0.25) is 0 Å². The maximum Gasteiger partial charge on any atom is 0.418 e. The first-order valence-electron chi connectivity index (χ1n) is 6.01. The smallest absolute Gasteiger partial charge is 0.398 e. The minimum atomic E-state index is -4.36. The lowest BCUT2D eigenvalue weighted by molar-refractivity contribution is -0.136. The summed E-state index contributed by atoms with van der Waals surface area (Å²) in [5, 5.41) is 0. The van der Waals surface area contributed by atoms with E-state index in [4.69, 9.17) is 5.73 Å². The zero-order chi connectivity index (χ0) is 13.2. The van der Waals surface area contributed by atoms with E-state index in [0.717, 1.165) is 30.4 Å². The summed E-state index contributed by atoms with van der Waals surface area (Å²) >= 11 is 1.87. The molecule has 100 valence electrons. The Labute approximate surface area is 109 Å². The van der Waals surface area contributed by atoms with Crippen molar-refractivity contribution in [2.75, 3.05) is 17.2 Å². The molecule has 1 aromatic rings. The summed E-state index contributed by atoms with van der Waals surface area (Å²) in [6.45, 7) is 0. The summed E-state index contributed by atoms with van der Waals surface area (Å²) < 4.78 is 38.2. The molecule has 1 nitrogen and oxygen atoms in total. The normalized spacial score (nSPS) is 20.9. The van der Waals surface area contributed by atoms with Crippen molar-refractivity contribution >= 4 is 17.4 Å². The van der Waals surface area contributed by atoms with Crippen LogP contribution < -0.4 is 5.73 Å². The van der Waals surface area contributed by atoms with Gasteiger partial charge < -0.3 is 5.73 Å². The first-order valence-corrected chi connectivity index (χ1v) is 7.16. The second-order valence-corrected chi connectivity index (χ2v) is 5.81. The topological polar surface area (TPSA) is 26.0 Å². The summed E-state index contributed by atoms with van der Waals surface area (Å²) in [5.41, 5.74) is 5.49. The molecule has 0 radical (unpaired) electrons. The summed E-state index contributed by atoms with van der Waals surface area (Å²) in [6, 6.07) is 4.21. The van der Waals surface area contributed by atoms with Crippen LogP contribution in [-0.2, 0) is 12.6 Å². The van der Waals surface area contributed by atoms with Gasteiger partial charge in [-0.15, -0.1) is 0 Å². The van der Waals surface area contributed by atoms with Crippen LogP contribution in [0.15, 0.2) is 18.2 Å². The van der Waals surface area contributed by atoms with Crippen molar-refractivity contribution in [3.05, 3.63) is 29.3 Å². The number of nitrogen functional groups attached to an aromatic ring is 1. The number of thioether (sulfide) groups is 1. The lowest BCUT2D eigenvalue weighted by Gasteiger charge is -2.22. The van der Waals surface area contributed by atoms with E-state index >= 15 is 0 Å². The van der Waals surface area contributed by atoms with Gasteiger partial charge in [0.1, 0.15) is 0 Å². The molecular weight excluding hydrogens is 259 g/mol. The maximum absolute atomic E-state index is 12.7. The molecule has 1 atom stereocenters. The van der Waals surface area contributed by atoms with Gasteiger partial charge in [-0.1, -0.05) is 12.1 Å². The number of halogens is 3. The van der Waals surface area contributed by atoms with Crippen molar-refractivity contribution < 1.29 is 13.2 Å². The molecule has 0 amide bonds. The van der Waals surface area contributed by atoms with Crippen molar-refractivity contribution in [1.29, 1.82) is 0 Å². The molecule has 0 aliphatic carbocycles. The first-order chi connectivity index (χ1) is 8.48. The summed E-state index contributed by atoms with van der Waals surface area (Å²) in [5.74, 6) is 2.64.